The summed E-state index contributed by atoms with van der Waals surface area (Å²) >= 11 is 2.09. The van der Waals surface area contributed by atoms with Gasteiger partial charge in [-0.25, -0.2) is 17.1 Å². The number of sulfonamides is 1. The molecule has 0 spiro atoms. The highest BCUT2D eigenvalue weighted by Gasteiger charge is 2.27. The first-order chi connectivity index (χ1) is 9.77. The fourth-order valence-electron chi connectivity index (χ4n) is 2.81. The van der Waals surface area contributed by atoms with Gasteiger partial charge >= 0.3 is 0 Å². The van der Waals surface area contributed by atoms with Crippen LogP contribution in [-0.2, 0) is 10.0 Å². The van der Waals surface area contributed by atoms with Crippen LogP contribution in [0.15, 0.2) is 18.2 Å². The molecule has 1 fully saturated rings. The Morgan fingerprint density at radius 2 is 2.24 bits per heavy atom. The van der Waals surface area contributed by atoms with E-state index in [1.807, 2.05) is 0 Å². The van der Waals surface area contributed by atoms with Crippen LogP contribution in [0.1, 0.15) is 30.9 Å². The van der Waals surface area contributed by atoms with Crippen LogP contribution in [-0.4, -0.2) is 32.1 Å². The van der Waals surface area contributed by atoms with Crippen molar-refractivity contribution in [2.75, 3.05) is 19.3 Å². The van der Waals surface area contributed by atoms with Crippen LogP contribution in [0.5, 0.6) is 0 Å². The minimum atomic E-state index is -3.13. The first-order valence-electron chi connectivity index (χ1n) is 6.93. The van der Waals surface area contributed by atoms with Gasteiger partial charge in [-0.3, -0.25) is 0 Å². The normalized spacial score (nSPS) is 22.2. The Bertz CT molecular complexity index is 609. The first kappa shape index (κ1) is 17.1. The van der Waals surface area contributed by atoms with E-state index in [-0.39, 0.29) is 17.8 Å². The standard InChI is InChI=1S/C14H20FIN2O2S/c1-21(19,20)18-6-2-3-10(9-18)7-14(17)12-5-4-11(15)8-13(12)16/h4-5,8,10,14H,2-3,6-7,9,17H2,1H3. The largest absolute Gasteiger partial charge is 0.324 e. The summed E-state index contributed by atoms with van der Waals surface area (Å²) in [5.74, 6) is -0.0133. The Kier molecular flexibility index (Phi) is 5.61. The Labute approximate surface area is 139 Å². The summed E-state index contributed by atoms with van der Waals surface area (Å²) in [7, 11) is -3.13. The zero-order valence-corrected chi connectivity index (χ0v) is 14.9. The molecule has 1 heterocycles. The molecule has 0 radical (unpaired) electrons. The number of benzene rings is 1. The lowest BCUT2D eigenvalue weighted by atomic mass is 9.90. The molecule has 2 N–H and O–H groups in total. The predicted octanol–water partition coefficient (Wildman–Crippen LogP) is 2.49. The van der Waals surface area contributed by atoms with E-state index in [9.17, 15) is 12.8 Å². The van der Waals surface area contributed by atoms with Gasteiger partial charge in [0.25, 0.3) is 0 Å². The van der Waals surface area contributed by atoms with Gasteiger partial charge in [0.2, 0.25) is 10.0 Å². The van der Waals surface area contributed by atoms with Crippen molar-refractivity contribution in [1.29, 1.82) is 0 Å². The summed E-state index contributed by atoms with van der Waals surface area (Å²) in [6.45, 7) is 1.13. The van der Waals surface area contributed by atoms with E-state index in [1.165, 1.54) is 22.7 Å². The molecule has 1 aromatic carbocycles. The number of hydrogen-bond donors (Lipinski definition) is 1. The van der Waals surface area contributed by atoms with E-state index < -0.39 is 10.0 Å². The summed E-state index contributed by atoms with van der Waals surface area (Å²) in [5.41, 5.74) is 7.16. The van der Waals surface area contributed by atoms with Crippen LogP contribution < -0.4 is 5.73 Å². The van der Waals surface area contributed by atoms with Crippen LogP contribution >= 0.6 is 22.6 Å². The van der Waals surface area contributed by atoms with Crippen LogP contribution in [0, 0.1) is 15.3 Å². The molecule has 21 heavy (non-hydrogen) atoms. The van der Waals surface area contributed by atoms with Crippen molar-refractivity contribution in [2.45, 2.75) is 25.3 Å². The van der Waals surface area contributed by atoms with E-state index in [1.54, 1.807) is 6.07 Å². The number of piperidine rings is 1. The third-order valence-corrected chi connectivity index (χ3v) is 6.10. The van der Waals surface area contributed by atoms with Gasteiger partial charge in [0.1, 0.15) is 5.82 Å². The van der Waals surface area contributed by atoms with E-state index in [0.29, 0.717) is 19.5 Å². The van der Waals surface area contributed by atoms with Crippen molar-refractivity contribution < 1.29 is 12.8 Å². The molecular weight excluding hydrogens is 406 g/mol. The first-order valence-corrected chi connectivity index (χ1v) is 9.85. The third-order valence-electron chi connectivity index (χ3n) is 3.90. The minimum absolute atomic E-state index is 0.193. The van der Waals surface area contributed by atoms with Gasteiger partial charge in [0.05, 0.1) is 6.26 Å². The predicted molar refractivity (Wildman–Crippen MR) is 89.8 cm³/mol. The average molecular weight is 426 g/mol. The van der Waals surface area contributed by atoms with Gasteiger partial charge in [-0.2, -0.15) is 0 Å². The molecule has 2 atom stereocenters. The van der Waals surface area contributed by atoms with E-state index in [4.69, 9.17) is 5.73 Å². The summed E-state index contributed by atoms with van der Waals surface area (Å²) in [6.07, 6.45) is 3.81. The maximum atomic E-state index is 13.1. The Hall–Kier alpha value is -0.250. The topological polar surface area (TPSA) is 63.4 Å². The lowest BCUT2D eigenvalue weighted by Crippen LogP contribution is -2.40. The lowest BCUT2D eigenvalue weighted by molar-refractivity contribution is 0.247. The smallest absolute Gasteiger partial charge is 0.211 e. The number of rotatable bonds is 4. The Morgan fingerprint density at radius 1 is 1.52 bits per heavy atom. The summed E-state index contributed by atoms with van der Waals surface area (Å²) in [6, 6.07) is 4.42. The molecule has 118 valence electrons. The zero-order chi connectivity index (χ0) is 15.6. The molecule has 2 unspecified atom stereocenters. The highest BCUT2D eigenvalue weighted by molar-refractivity contribution is 14.1. The average Bonchev–Trinajstić information content (AvgIpc) is 2.37. The fraction of sp³-hybridized carbons (Fsp3) is 0.571. The van der Waals surface area contributed by atoms with Crippen molar-refractivity contribution in [3.05, 3.63) is 33.1 Å². The molecule has 0 aliphatic carbocycles. The van der Waals surface area contributed by atoms with E-state index >= 15 is 0 Å². The summed E-state index contributed by atoms with van der Waals surface area (Å²) in [4.78, 5) is 0. The molecule has 1 aromatic rings. The summed E-state index contributed by atoms with van der Waals surface area (Å²) < 4.78 is 38.7. The molecule has 7 heteroatoms. The molecule has 1 saturated heterocycles. The molecule has 0 amide bonds. The van der Waals surface area contributed by atoms with Gasteiger partial charge < -0.3 is 5.73 Å². The van der Waals surface area contributed by atoms with Crippen molar-refractivity contribution in [3.63, 3.8) is 0 Å². The summed E-state index contributed by atoms with van der Waals surface area (Å²) in [5, 5.41) is 0. The second kappa shape index (κ2) is 6.89. The van der Waals surface area contributed by atoms with E-state index in [0.717, 1.165) is 22.0 Å². The van der Waals surface area contributed by atoms with Crippen LogP contribution in [0.4, 0.5) is 4.39 Å². The van der Waals surface area contributed by atoms with Gasteiger partial charge in [-0.1, -0.05) is 6.07 Å². The molecule has 0 bridgehead atoms. The molecule has 2 rings (SSSR count). The SMILES string of the molecule is CS(=O)(=O)N1CCCC(CC(N)c2ccc(F)cc2I)C1. The quantitative estimate of drug-likeness (QED) is 0.753. The zero-order valence-electron chi connectivity index (χ0n) is 11.9. The number of halogens is 2. The fourth-order valence-corrected chi connectivity index (χ4v) is 4.63. The molecule has 0 aromatic heterocycles. The maximum Gasteiger partial charge on any atom is 0.211 e. The number of nitrogens with two attached hydrogens (primary N) is 1. The van der Waals surface area contributed by atoms with Crippen LogP contribution in [0.2, 0.25) is 0 Å². The van der Waals surface area contributed by atoms with E-state index in [2.05, 4.69) is 22.6 Å². The van der Waals surface area contributed by atoms with Gasteiger partial charge in [0, 0.05) is 22.7 Å². The third kappa shape index (κ3) is 4.61. The van der Waals surface area contributed by atoms with Gasteiger partial charge in [-0.05, 0) is 65.5 Å². The second-order valence-electron chi connectivity index (χ2n) is 5.64. The molecule has 4 nitrogen and oxygen atoms in total. The molecule has 0 saturated carbocycles. The highest BCUT2D eigenvalue weighted by atomic mass is 127. The van der Waals surface area contributed by atoms with Gasteiger partial charge in [-0.15, -0.1) is 0 Å². The maximum absolute atomic E-state index is 13.1. The van der Waals surface area contributed by atoms with Crippen molar-refractivity contribution in [1.82, 2.24) is 4.31 Å². The van der Waals surface area contributed by atoms with Crippen LogP contribution in [0.3, 0.4) is 0 Å². The number of nitrogens with zero attached hydrogens (tertiary/aromatic N) is 1. The highest BCUT2D eigenvalue weighted by Crippen LogP contribution is 2.29. The monoisotopic (exact) mass is 426 g/mol. The van der Waals surface area contributed by atoms with Crippen molar-refractivity contribution >= 4 is 32.6 Å². The number of hydrogen-bond acceptors (Lipinski definition) is 3. The molecular formula is C14H20FIN2O2S. The Morgan fingerprint density at radius 3 is 2.86 bits per heavy atom. The van der Waals surface area contributed by atoms with Gasteiger partial charge in [0.15, 0.2) is 0 Å². The second-order valence-corrected chi connectivity index (χ2v) is 8.78. The lowest BCUT2D eigenvalue weighted by Gasteiger charge is -2.32. The Balaban J connectivity index is 2.03. The van der Waals surface area contributed by atoms with Crippen LogP contribution in [0.25, 0.3) is 0 Å². The molecule has 1 aliphatic heterocycles. The molecule has 1 aliphatic rings. The van der Waals surface area contributed by atoms with Crippen molar-refractivity contribution in [2.24, 2.45) is 11.7 Å². The van der Waals surface area contributed by atoms with Crippen molar-refractivity contribution in [3.8, 4) is 0 Å². The minimum Gasteiger partial charge on any atom is -0.324 e.